The van der Waals surface area contributed by atoms with E-state index in [4.69, 9.17) is 11.6 Å². The van der Waals surface area contributed by atoms with E-state index in [9.17, 15) is 14.0 Å². The van der Waals surface area contributed by atoms with Gasteiger partial charge in [0.1, 0.15) is 12.4 Å². The predicted octanol–water partition coefficient (Wildman–Crippen LogP) is 3.34. The number of nitrogens with one attached hydrogen (secondary N) is 1. The van der Waals surface area contributed by atoms with Crippen LogP contribution in [0.5, 0.6) is 0 Å². The summed E-state index contributed by atoms with van der Waals surface area (Å²) >= 11 is 6.03. The third-order valence-corrected chi connectivity index (χ3v) is 4.98. The van der Waals surface area contributed by atoms with Crippen molar-refractivity contribution in [3.8, 4) is 0 Å². The van der Waals surface area contributed by atoms with Gasteiger partial charge in [0.15, 0.2) is 0 Å². The molecule has 1 heterocycles. The van der Waals surface area contributed by atoms with Gasteiger partial charge in [0.05, 0.1) is 0 Å². The molecule has 5 nitrogen and oxygen atoms in total. The summed E-state index contributed by atoms with van der Waals surface area (Å²) in [6, 6.07) is 11.7. The normalized spacial score (nSPS) is 14.0. The maximum absolute atomic E-state index is 13.1. The molecule has 2 aromatic carbocycles. The fourth-order valence-corrected chi connectivity index (χ4v) is 3.24. The molecule has 0 saturated carbocycles. The van der Waals surface area contributed by atoms with Crippen LogP contribution >= 0.6 is 11.6 Å². The number of hydrogen-bond acceptors (Lipinski definition) is 2. The maximum Gasteiger partial charge on any atom is 0.320 e. The van der Waals surface area contributed by atoms with Crippen molar-refractivity contribution in [3.05, 3.63) is 70.0 Å². The number of halogens is 2. The third kappa shape index (κ3) is 4.77. The number of aryl methyl sites for hydroxylation is 1. The highest BCUT2D eigenvalue weighted by Gasteiger charge is 2.30. The van der Waals surface area contributed by atoms with Crippen molar-refractivity contribution in [2.24, 2.45) is 0 Å². The summed E-state index contributed by atoms with van der Waals surface area (Å²) in [6.07, 6.45) is 0. The molecule has 0 spiro atoms. The number of amides is 3. The number of hydrogen-bond donors (Lipinski definition) is 1. The number of benzene rings is 2. The van der Waals surface area contributed by atoms with Crippen LogP contribution in [0.1, 0.15) is 16.7 Å². The smallest absolute Gasteiger partial charge is 0.320 e. The van der Waals surface area contributed by atoms with Crippen molar-refractivity contribution < 1.29 is 14.0 Å². The standard InChI is InChI=1S/C20H21ClFN3O2/c1-14-4-2-3-5-15(14)11-23-19(26)13-25-9-8-24(20(25)27)12-16-6-7-17(22)10-18(16)21/h2-7,10H,8-9,11-13H2,1H3,(H,23,26). The first-order valence-electron chi connectivity index (χ1n) is 8.73. The van der Waals surface area contributed by atoms with Gasteiger partial charge < -0.3 is 15.1 Å². The number of urea groups is 1. The molecular formula is C20H21ClFN3O2. The Bertz CT molecular complexity index is 859. The van der Waals surface area contributed by atoms with E-state index in [0.29, 0.717) is 31.7 Å². The summed E-state index contributed by atoms with van der Waals surface area (Å²) in [5, 5.41) is 3.14. The molecule has 0 radical (unpaired) electrons. The van der Waals surface area contributed by atoms with E-state index in [2.05, 4.69) is 5.32 Å². The van der Waals surface area contributed by atoms with Crippen LogP contribution in [-0.4, -0.2) is 41.4 Å². The second-order valence-electron chi connectivity index (χ2n) is 6.56. The summed E-state index contributed by atoms with van der Waals surface area (Å²) < 4.78 is 13.1. The summed E-state index contributed by atoms with van der Waals surface area (Å²) in [5.41, 5.74) is 2.83. The Morgan fingerprint density at radius 1 is 1.15 bits per heavy atom. The predicted molar refractivity (Wildman–Crippen MR) is 102 cm³/mol. The van der Waals surface area contributed by atoms with E-state index in [1.165, 1.54) is 17.0 Å². The lowest BCUT2D eigenvalue weighted by atomic mass is 10.1. The monoisotopic (exact) mass is 389 g/mol. The van der Waals surface area contributed by atoms with Gasteiger partial charge in [-0.15, -0.1) is 0 Å². The van der Waals surface area contributed by atoms with Crippen LogP contribution in [0, 0.1) is 12.7 Å². The van der Waals surface area contributed by atoms with Crippen molar-refractivity contribution in [2.45, 2.75) is 20.0 Å². The minimum atomic E-state index is -0.413. The molecule has 0 aromatic heterocycles. The van der Waals surface area contributed by atoms with Gasteiger partial charge in [-0.05, 0) is 35.7 Å². The lowest BCUT2D eigenvalue weighted by molar-refractivity contribution is -0.121. The molecule has 1 aliphatic rings. The quantitative estimate of drug-likeness (QED) is 0.823. The molecule has 1 fully saturated rings. The van der Waals surface area contributed by atoms with E-state index in [0.717, 1.165) is 11.1 Å². The highest BCUT2D eigenvalue weighted by Crippen LogP contribution is 2.21. The van der Waals surface area contributed by atoms with Crippen LogP contribution in [-0.2, 0) is 17.9 Å². The fraction of sp³-hybridized carbons (Fsp3) is 0.300. The largest absolute Gasteiger partial charge is 0.350 e. The lowest BCUT2D eigenvalue weighted by Crippen LogP contribution is -2.39. The maximum atomic E-state index is 13.1. The van der Waals surface area contributed by atoms with Crippen molar-refractivity contribution in [2.75, 3.05) is 19.6 Å². The van der Waals surface area contributed by atoms with Crippen molar-refractivity contribution >= 4 is 23.5 Å². The Morgan fingerprint density at radius 2 is 1.89 bits per heavy atom. The average molecular weight is 390 g/mol. The molecule has 0 atom stereocenters. The second-order valence-corrected chi connectivity index (χ2v) is 6.97. The molecule has 1 N–H and O–H groups in total. The molecule has 27 heavy (non-hydrogen) atoms. The molecule has 142 valence electrons. The summed E-state index contributed by atoms with van der Waals surface area (Å²) in [6.45, 7) is 3.69. The zero-order valence-corrected chi connectivity index (χ0v) is 15.8. The van der Waals surface area contributed by atoms with Crippen LogP contribution in [0.2, 0.25) is 5.02 Å². The van der Waals surface area contributed by atoms with Gasteiger partial charge in [-0.1, -0.05) is 41.9 Å². The Balaban J connectivity index is 1.52. The molecule has 7 heteroatoms. The highest BCUT2D eigenvalue weighted by atomic mass is 35.5. The van der Waals surface area contributed by atoms with Gasteiger partial charge in [0.2, 0.25) is 5.91 Å². The first kappa shape index (κ1) is 19.2. The van der Waals surface area contributed by atoms with Crippen LogP contribution in [0.3, 0.4) is 0 Å². The molecule has 3 amide bonds. The van der Waals surface area contributed by atoms with Gasteiger partial charge in [-0.25, -0.2) is 9.18 Å². The first-order chi connectivity index (χ1) is 12.9. The summed E-state index contributed by atoms with van der Waals surface area (Å²) in [5.74, 6) is -0.614. The molecule has 0 aliphatic carbocycles. The number of nitrogens with zero attached hydrogens (tertiary/aromatic N) is 2. The topological polar surface area (TPSA) is 52.7 Å². The fourth-order valence-electron chi connectivity index (χ4n) is 3.01. The van der Waals surface area contributed by atoms with Crippen molar-refractivity contribution in [3.63, 3.8) is 0 Å². The van der Waals surface area contributed by atoms with Crippen molar-refractivity contribution in [1.82, 2.24) is 15.1 Å². The zero-order valence-electron chi connectivity index (χ0n) is 15.0. The van der Waals surface area contributed by atoms with Crippen molar-refractivity contribution in [1.29, 1.82) is 0 Å². The number of carbonyl (C=O) groups is 2. The summed E-state index contributed by atoms with van der Waals surface area (Å²) in [7, 11) is 0. The van der Waals surface area contributed by atoms with Gasteiger partial charge in [-0.2, -0.15) is 0 Å². The molecule has 1 saturated heterocycles. The van der Waals surface area contributed by atoms with Gasteiger partial charge in [-0.3, -0.25) is 4.79 Å². The van der Waals surface area contributed by atoms with E-state index in [1.54, 1.807) is 11.0 Å². The van der Waals surface area contributed by atoms with E-state index in [1.807, 2.05) is 31.2 Å². The molecular weight excluding hydrogens is 369 g/mol. The third-order valence-electron chi connectivity index (χ3n) is 4.63. The zero-order chi connectivity index (χ0) is 19.4. The molecule has 0 unspecified atom stereocenters. The van der Waals surface area contributed by atoms with Crippen LogP contribution in [0.15, 0.2) is 42.5 Å². The Kier molecular flexibility index (Phi) is 5.96. The number of carbonyl (C=O) groups excluding carboxylic acids is 2. The van der Waals surface area contributed by atoms with Crippen LogP contribution in [0.25, 0.3) is 0 Å². The first-order valence-corrected chi connectivity index (χ1v) is 9.11. The lowest BCUT2D eigenvalue weighted by Gasteiger charge is -2.19. The molecule has 0 bridgehead atoms. The summed E-state index contributed by atoms with van der Waals surface area (Å²) in [4.78, 5) is 27.8. The second kappa shape index (κ2) is 8.39. The minimum absolute atomic E-state index is 0.0123. The van der Waals surface area contributed by atoms with Gasteiger partial charge in [0.25, 0.3) is 0 Å². The van der Waals surface area contributed by atoms with Crippen LogP contribution < -0.4 is 5.32 Å². The molecule has 2 aromatic rings. The van der Waals surface area contributed by atoms with Gasteiger partial charge >= 0.3 is 6.03 Å². The molecule has 3 rings (SSSR count). The van der Waals surface area contributed by atoms with Gasteiger partial charge in [0, 0.05) is 31.2 Å². The average Bonchev–Trinajstić information content (AvgIpc) is 2.97. The van der Waals surface area contributed by atoms with E-state index in [-0.39, 0.29) is 23.5 Å². The van der Waals surface area contributed by atoms with Crippen LogP contribution in [0.4, 0.5) is 9.18 Å². The Morgan fingerprint density at radius 3 is 2.63 bits per heavy atom. The Labute approximate surface area is 162 Å². The minimum Gasteiger partial charge on any atom is -0.350 e. The SMILES string of the molecule is Cc1ccccc1CNC(=O)CN1CCN(Cc2ccc(F)cc2Cl)C1=O. The highest BCUT2D eigenvalue weighted by molar-refractivity contribution is 6.31. The van der Waals surface area contributed by atoms with E-state index < -0.39 is 5.82 Å². The Hall–Kier alpha value is -2.60. The van der Waals surface area contributed by atoms with E-state index >= 15 is 0 Å². The molecule has 1 aliphatic heterocycles. The number of rotatable bonds is 6.